The lowest BCUT2D eigenvalue weighted by Crippen LogP contribution is -2.33. The zero-order chi connectivity index (χ0) is 15.8. The minimum atomic E-state index is 0.00533. The number of hydrogen-bond donors (Lipinski definition) is 1. The summed E-state index contributed by atoms with van der Waals surface area (Å²) in [7, 11) is 5.78. The predicted molar refractivity (Wildman–Crippen MR) is 85.3 cm³/mol. The van der Waals surface area contributed by atoms with Gasteiger partial charge in [0.1, 0.15) is 0 Å². The lowest BCUT2D eigenvalue weighted by atomic mass is 10.1. The average molecular weight is 288 g/mol. The Hall–Kier alpha value is -1.83. The molecule has 0 spiro atoms. The molecule has 1 aromatic carbocycles. The fourth-order valence-corrected chi connectivity index (χ4v) is 1.87. The number of likely N-dealkylation sites (N-methyl/N-ethyl adjacent to an activating group) is 2. The molecular weight excluding hydrogens is 264 g/mol. The molecule has 0 radical (unpaired) electrons. The zero-order valence-corrected chi connectivity index (χ0v) is 13.3. The van der Waals surface area contributed by atoms with Gasteiger partial charge in [0.25, 0.3) is 5.91 Å². The maximum atomic E-state index is 12.4. The standard InChI is InChI=1S/C17H24N2O2/c1-14-11-15(7-5-6-10-20)13-16(12-14)17(21)19(4)9-8-18(2)3/h11-13,20H,6,8-10H2,1-4H3. The first-order valence-corrected chi connectivity index (χ1v) is 7.05. The summed E-state index contributed by atoms with van der Waals surface area (Å²) in [5.41, 5.74) is 2.48. The Morgan fingerprint density at radius 3 is 2.52 bits per heavy atom. The number of aryl methyl sites for hydroxylation is 1. The second-order valence-corrected chi connectivity index (χ2v) is 5.39. The van der Waals surface area contributed by atoms with Gasteiger partial charge in [-0.3, -0.25) is 4.79 Å². The number of rotatable bonds is 5. The van der Waals surface area contributed by atoms with Crippen molar-refractivity contribution in [1.29, 1.82) is 0 Å². The minimum absolute atomic E-state index is 0.00533. The van der Waals surface area contributed by atoms with Gasteiger partial charge in [-0.1, -0.05) is 11.8 Å². The highest BCUT2D eigenvalue weighted by Crippen LogP contribution is 2.11. The molecule has 1 aromatic rings. The van der Waals surface area contributed by atoms with Crippen molar-refractivity contribution in [3.8, 4) is 11.8 Å². The third-order valence-corrected chi connectivity index (χ3v) is 3.02. The Kier molecular flexibility index (Phi) is 6.93. The number of aliphatic hydroxyl groups excluding tert-OH is 1. The summed E-state index contributed by atoms with van der Waals surface area (Å²) in [4.78, 5) is 16.2. The van der Waals surface area contributed by atoms with Crippen molar-refractivity contribution in [1.82, 2.24) is 9.80 Å². The molecular formula is C17H24N2O2. The first kappa shape index (κ1) is 17.2. The zero-order valence-electron chi connectivity index (χ0n) is 13.3. The maximum absolute atomic E-state index is 12.4. The number of amides is 1. The van der Waals surface area contributed by atoms with E-state index in [1.807, 2.05) is 51.2 Å². The molecule has 4 heteroatoms. The van der Waals surface area contributed by atoms with Crippen LogP contribution in [-0.4, -0.2) is 61.7 Å². The molecule has 0 aromatic heterocycles. The van der Waals surface area contributed by atoms with E-state index >= 15 is 0 Å². The molecule has 0 aliphatic rings. The smallest absolute Gasteiger partial charge is 0.253 e. The van der Waals surface area contributed by atoms with E-state index < -0.39 is 0 Å². The van der Waals surface area contributed by atoms with Crippen LogP contribution in [-0.2, 0) is 0 Å². The van der Waals surface area contributed by atoms with E-state index in [-0.39, 0.29) is 12.5 Å². The lowest BCUT2D eigenvalue weighted by molar-refractivity contribution is 0.0786. The van der Waals surface area contributed by atoms with Gasteiger partial charge < -0.3 is 14.9 Å². The van der Waals surface area contributed by atoms with Crippen molar-refractivity contribution in [2.45, 2.75) is 13.3 Å². The van der Waals surface area contributed by atoms with E-state index in [1.54, 1.807) is 4.90 Å². The van der Waals surface area contributed by atoms with E-state index in [0.29, 0.717) is 18.5 Å². The molecule has 0 bridgehead atoms. The summed E-state index contributed by atoms with van der Waals surface area (Å²) >= 11 is 0. The van der Waals surface area contributed by atoms with Gasteiger partial charge in [0.05, 0.1) is 6.61 Å². The molecule has 0 heterocycles. The van der Waals surface area contributed by atoms with E-state index in [0.717, 1.165) is 17.7 Å². The van der Waals surface area contributed by atoms with Gasteiger partial charge in [0.2, 0.25) is 0 Å². The highest BCUT2D eigenvalue weighted by atomic mass is 16.2. The first-order valence-electron chi connectivity index (χ1n) is 7.05. The van der Waals surface area contributed by atoms with Gasteiger partial charge in [-0.2, -0.15) is 0 Å². The largest absolute Gasteiger partial charge is 0.395 e. The molecule has 0 aliphatic carbocycles. The average Bonchev–Trinajstić information content (AvgIpc) is 2.43. The Labute approximate surface area is 127 Å². The molecule has 1 amide bonds. The van der Waals surface area contributed by atoms with Crippen LogP contribution in [0.25, 0.3) is 0 Å². The monoisotopic (exact) mass is 288 g/mol. The number of carbonyl (C=O) groups is 1. The summed E-state index contributed by atoms with van der Waals surface area (Å²) in [5, 5.41) is 8.75. The lowest BCUT2D eigenvalue weighted by Gasteiger charge is -2.20. The Balaban J connectivity index is 2.87. The van der Waals surface area contributed by atoms with Crippen molar-refractivity contribution >= 4 is 5.91 Å². The Morgan fingerprint density at radius 2 is 1.90 bits per heavy atom. The van der Waals surface area contributed by atoms with E-state index in [4.69, 9.17) is 5.11 Å². The summed E-state index contributed by atoms with van der Waals surface area (Å²) in [6.07, 6.45) is 0.444. The van der Waals surface area contributed by atoms with Crippen LogP contribution in [0.2, 0.25) is 0 Å². The molecule has 0 saturated carbocycles. The maximum Gasteiger partial charge on any atom is 0.253 e. The van der Waals surface area contributed by atoms with Crippen molar-refractivity contribution in [3.63, 3.8) is 0 Å². The predicted octanol–water partition coefficient (Wildman–Crippen LogP) is 1.36. The number of benzene rings is 1. The summed E-state index contributed by atoms with van der Waals surface area (Å²) in [5.74, 6) is 5.87. The van der Waals surface area contributed by atoms with Crippen molar-refractivity contribution in [3.05, 3.63) is 34.9 Å². The van der Waals surface area contributed by atoms with Crippen molar-refractivity contribution in [2.75, 3.05) is 40.8 Å². The normalized spacial score (nSPS) is 10.2. The van der Waals surface area contributed by atoms with Gasteiger partial charge in [0.15, 0.2) is 0 Å². The molecule has 21 heavy (non-hydrogen) atoms. The van der Waals surface area contributed by atoms with E-state index in [2.05, 4.69) is 11.8 Å². The van der Waals surface area contributed by atoms with Crippen molar-refractivity contribution < 1.29 is 9.90 Å². The molecule has 0 atom stereocenters. The summed E-state index contributed by atoms with van der Waals surface area (Å²) < 4.78 is 0. The fourth-order valence-electron chi connectivity index (χ4n) is 1.87. The Bertz CT molecular complexity index is 541. The number of aliphatic hydroxyl groups is 1. The molecule has 0 saturated heterocycles. The molecule has 1 N–H and O–H groups in total. The second-order valence-electron chi connectivity index (χ2n) is 5.39. The van der Waals surface area contributed by atoms with Crippen molar-refractivity contribution in [2.24, 2.45) is 0 Å². The minimum Gasteiger partial charge on any atom is -0.395 e. The first-order chi connectivity index (χ1) is 9.93. The van der Waals surface area contributed by atoms with Gasteiger partial charge >= 0.3 is 0 Å². The van der Waals surface area contributed by atoms with Gasteiger partial charge in [-0.25, -0.2) is 0 Å². The van der Waals surface area contributed by atoms with Crippen LogP contribution in [0.15, 0.2) is 18.2 Å². The van der Waals surface area contributed by atoms with Crippen LogP contribution in [0.1, 0.15) is 27.9 Å². The number of nitrogens with zero attached hydrogens (tertiary/aromatic N) is 2. The van der Waals surface area contributed by atoms with Crippen LogP contribution < -0.4 is 0 Å². The highest BCUT2D eigenvalue weighted by Gasteiger charge is 2.12. The second kappa shape index (κ2) is 8.46. The van der Waals surface area contributed by atoms with Crippen LogP contribution in [0, 0.1) is 18.8 Å². The third-order valence-electron chi connectivity index (χ3n) is 3.02. The number of carbonyl (C=O) groups excluding carboxylic acids is 1. The van der Waals surface area contributed by atoms with Crippen LogP contribution in [0.5, 0.6) is 0 Å². The SMILES string of the molecule is Cc1cc(C#CCCO)cc(C(=O)N(C)CCN(C)C)c1. The van der Waals surface area contributed by atoms with Crippen LogP contribution >= 0.6 is 0 Å². The Morgan fingerprint density at radius 1 is 1.19 bits per heavy atom. The third kappa shape index (κ3) is 5.99. The van der Waals surface area contributed by atoms with Crippen LogP contribution in [0.4, 0.5) is 0 Å². The quantitative estimate of drug-likeness (QED) is 0.832. The highest BCUT2D eigenvalue weighted by molar-refractivity contribution is 5.94. The van der Waals surface area contributed by atoms with E-state index in [1.165, 1.54) is 0 Å². The topological polar surface area (TPSA) is 43.8 Å². The van der Waals surface area contributed by atoms with E-state index in [9.17, 15) is 4.79 Å². The number of hydrogen-bond acceptors (Lipinski definition) is 3. The summed E-state index contributed by atoms with van der Waals surface area (Å²) in [6.45, 7) is 3.52. The summed E-state index contributed by atoms with van der Waals surface area (Å²) in [6, 6.07) is 5.64. The van der Waals surface area contributed by atoms with Gasteiger partial charge in [-0.05, 0) is 44.8 Å². The molecule has 4 nitrogen and oxygen atoms in total. The molecule has 0 aliphatic heterocycles. The van der Waals surface area contributed by atoms with Gasteiger partial charge in [-0.15, -0.1) is 0 Å². The molecule has 0 unspecified atom stereocenters. The molecule has 1 rings (SSSR count). The molecule has 114 valence electrons. The van der Waals surface area contributed by atoms with Gasteiger partial charge in [0, 0.05) is 37.7 Å². The fraction of sp³-hybridized carbons (Fsp3) is 0.471. The van der Waals surface area contributed by atoms with Crippen LogP contribution in [0.3, 0.4) is 0 Å². The molecule has 0 fully saturated rings.